The second-order valence-corrected chi connectivity index (χ2v) is 7.24. The van der Waals surface area contributed by atoms with E-state index in [2.05, 4.69) is 61.4 Å². The summed E-state index contributed by atoms with van der Waals surface area (Å²) in [4.78, 5) is 3.92. The topological polar surface area (TPSA) is 15.3 Å². The zero-order chi connectivity index (χ0) is 14.1. The average molecular weight is 288 g/mol. The molecule has 1 aromatic carbocycles. The summed E-state index contributed by atoms with van der Waals surface area (Å²) in [6, 6.07) is 12.8. The van der Waals surface area contributed by atoms with Gasteiger partial charge >= 0.3 is 0 Å². The maximum absolute atomic E-state index is 3.83. The Hall–Kier alpha value is -0.900. The van der Waals surface area contributed by atoms with Crippen LogP contribution >= 0.6 is 11.3 Å². The first-order chi connectivity index (χ1) is 9.63. The monoisotopic (exact) mass is 288 g/mol. The summed E-state index contributed by atoms with van der Waals surface area (Å²) < 4.78 is 1.40. The molecule has 0 radical (unpaired) electrons. The van der Waals surface area contributed by atoms with Gasteiger partial charge in [-0.1, -0.05) is 18.2 Å². The van der Waals surface area contributed by atoms with E-state index in [4.69, 9.17) is 0 Å². The highest BCUT2D eigenvalue weighted by Crippen LogP contribution is 2.30. The maximum atomic E-state index is 3.83. The molecule has 1 aliphatic rings. The average Bonchev–Trinajstić information content (AvgIpc) is 2.87. The molecule has 0 bridgehead atoms. The van der Waals surface area contributed by atoms with Gasteiger partial charge in [-0.05, 0) is 57.8 Å². The van der Waals surface area contributed by atoms with E-state index < -0.39 is 0 Å². The summed E-state index contributed by atoms with van der Waals surface area (Å²) in [5, 5.41) is 5.20. The van der Waals surface area contributed by atoms with E-state index in [1.165, 1.54) is 34.3 Å². The molecule has 0 saturated carbocycles. The van der Waals surface area contributed by atoms with Gasteiger partial charge in [0.05, 0.1) is 0 Å². The number of rotatable bonds is 3. The molecular weight excluding hydrogens is 264 g/mol. The minimum atomic E-state index is 0.452. The second kappa shape index (κ2) is 5.84. The predicted molar refractivity (Wildman–Crippen MR) is 88.5 cm³/mol. The number of hydrogen-bond acceptors (Lipinski definition) is 3. The van der Waals surface area contributed by atoms with Gasteiger partial charge in [0, 0.05) is 27.7 Å². The van der Waals surface area contributed by atoms with Crippen LogP contribution < -0.4 is 5.32 Å². The smallest absolute Gasteiger partial charge is 0.0388 e. The summed E-state index contributed by atoms with van der Waals surface area (Å²) in [5.41, 5.74) is 0. The third-order valence-electron chi connectivity index (χ3n) is 4.57. The van der Waals surface area contributed by atoms with Crippen molar-refractivity contribution in [3.63, 3.8) is 0 Å². The molecule has 1 aliphatic heterocycles. The zero-order valence-electron chi connectivity index (χ0n) is 12.6. The number of fused-ring (bicyclic) bond motifs is 1. The number of likely N-dealkylation sites (tertiary alicyclic amines) is 1. The number of nitrogens with zero attached hydrogens (tertiary/aromatic N) is 1. The van der Waals surface area contributed by atoms with Crippen molar-refractivity contribution in [3.05, 3.63) is 35.2 Å². The Morgan fingerprint density at radius 3 is 2.90 bits per heavy atom. The van der Waals surface area contributed by atoms with E-state index in [1.54, 1.807) is 0 Å². The van der Waals surface area contributed by atoms with Gasteiger partial charge in [0.25, 0.3) is 0 Å². The van der Waals surface area contributed by atoms with Crippen molar-refractivity contribution in [2.45, 2.75) is 44.8 Å². The number of piperidine rings is 1. The van der Waals surface area contributed by atoms with Crippen molar-refractivity contribution >= 4 is 21.4 Å². The van der Waals surface area contributed by atoms with E-state index in [9.17, 15) is 0 Å². The van der Waals surface area contributed by atoms with Gasteiger partial charge in [0.15, 0.2) is 0 Å². The first-order valence-electron chi connectivity index (χ1n) is 7.58. The lowest BCUT2D eigenvalue weighted by molar-refractivity contribution is 0.164. The van der Waals surface area contributed by atoms with Gasteiger partial charge in [-0.15, -0.1) is 11.3 Å². The maximum Gasteiger partial charge on any atom is 0.0388 e. The highest BCUT2D eigenvalue weighted by molar-refractivity contribution is 7.19. The van der Waals surface area contributed by atoms with Crippen LogP contribution in [0.1, 0.15) is 37.6 Å². The minimum Gasteiger partial charge on any atom is -0.307 e. The van der Waals surface area contributed by atoms with Crippen molar-refractivity contribution < 1.29 is 0 Å². The lowest BCUT2D eigenvalue weighted by Gasteiger charge is -2.36. The lowest BCUT2D eigenvalue weighted by Crippen LogP contribution is -2.46. The third-order valence-corrected chi connectivity index (χ3v) is 5.86. The summed E-state index contributed by atoms with van der Waals surface area (Å²) in [5.74, 6) is 0. The van der Waals surface area contributed by atoms with E-state index in [-0.39, 0.29) is 0 Å². The SMILES string of the molecule is CC(NC1CCN(C)C(C)C1)c1cc2ccccc2s1. The first-order valence-corrected chi connectivity index (χ1v) is 8.40. The highest BCUT2D eigenvalue weighted by Gasteiger charge is 2.24. The van der Waals surface area contributed by atoms with Crippen LogP contribution in [0, 0.1) is 0 Å². The van der Waals surface area contributed by atoms with E-state index in [0.29, 0.717) is 18.1 Å². The Bertz CT molecular complexity index is 544. The molecule has 0 aliphatic carbocycles. The number of nitrogens with one attached hydrogen (secondary N) is 1. The van der Waals surface area contributed by atoms with Crippen molar-refractivity contribution in [2.75, 3.05) is 13.6 Å². The molecule has 1 aromatic heterocycles. The fourth-order valence-electron chi connectivity index (χ4n) is 3.09. The molecule has 2 aromatic rings. The molecular formula is C17H24N2S. The summed E-state index contributed by atoms with van der Waals surface area (Å²) in [6.07, 6.45) is 2.52. The predicted octanol–water partition coefficient (Wildman–Crippen LogP) is 4.03. The third kappa shape index (κ3) is 2.90. The van der Waals surface area contributed by atoms with Gasteiger partial charge < -0.3 is 10.2 Å². The van der Waals surface area contributed by atoms with Crippen molar-refractivity contribution in [1.29, 1.82) is 0 Å². The Labute approximate surface area is 125 Å². The Balaban J connectivity index is 1.68. The molecule has 3 unspecified atom stereocenters. The second-order valence-electron chi connectivity index (χ2n) is 6.13. The number of thiophene rings is 1. The van der Waals surface area contributed by atoms with Crippen molar-refractivity contribution in [1.82, 2.24) is 10.2 Å². The molecule has 108 valence electrons. The minimum absolute atomic E-state index is 0.452. The van der Waals surface area contributed by atoms with Crippen LogP contribution in [0.3, 0.4) is 0 Å². The number of benzene rings is 1. The standard InChI is InChI=1S/C17H24N2S/c1-12-10-15(8-9-19(12)3)18-13(2)17-11-14-6-4-5-7-16(14)20-17/h4-7,11-13,15,18H,8-10H2,1-3H3. The largest absolute Gasteiger partial charge is 0.307 e. The van der Waals surface area contributed by atoms with Gasteiger partial charge in [0.1, 0.15) is 0 Å². The van der Waals surface area contributed by atoms with Gasteiger partial charge in [-0.25, -0.2) is 0 Å². The van der Waals surface area contributed by atoms with Crippen molar-refractivity contribution in [2.24, 2.45) is 0 Å². The Kier molecular flexibility index (Phi) is 4.11. The van der Waals surface area contributed by atoms with E-state index in [0.717, 1.165) is 0 Å². The van der Waals surface area contributed by atoms with Gasteiger partial charge in [-0.3, -0.25) is 0 Å². The normalized spacial score (nSPS) is 25.9. The van der Waals surface area contributed by atoms with Crippen LogP contribution in [-0.4, -0.2) is 30.6 Å². The molecule has 1 saturated heterocycles. The number of hydrogen-bond donors (Lipinski definition) is 1. The van der Waals surface area contributed by atoms with Gasteiger partial charge in [-0.2, -0.15) is 0 Å². The van der Waals surface area contributed by atoms with Crippen molar-refractivity contribution in [3.8, 4) is 0 Å². The zero-order valence-corrected chi connectivity index (χ0v) is 13.4. The van der Waals surface area contributed by atoms with Crippen LogP contribution in [0.4, 0.5) is 0 Å². The highest BCUT2D eigenvalue weighted by atomic mass is 32.1. The molecule has 2 heterocycles. The Morgan fingerprint density at radius 1 is 1.35 bits per heavy atom. The van der Waals surface area contributed by atoms with Crippen LogP contribution in [0.25, 0.3) is 10.1 Å². The molecule has 0 spiro atoms. The molecule has 3 heteroatoms. The quantitative estimate of drug-likeness (QED) is 0.917. The summed E-state index contributed by atoms with van der Waals surface area (Å²) in [7, 11) is 2.23. The molecule has 3 rings (SSSR count). The van der Waals surface area contributed by atoms with E-state index in [1.807, 2.05) is 11.3 Å². The molecule has 0 amide bonds. The van der Waals surface area contributed by atoms with Crippen LogP contribution in [-0.2, 0) is 0 Å². The molecule has 20 heavy (non-hydrogen) atoms. The van der Waals surface area contributed by atoms with Crippen LogP contribution in [0.15, 0.2) is 30.3 Å². The van der Waals surface area contributed by atoms with Crippen LogP contribution in [0.2, 0.25) is 0 Å². The summed E-state index contributed by atoms with van der Waals surface area (Å²) >= 11 is 1.92. The molecule has 1 fully saturated rings. The lowest BCUT2D eigenvalue weighted by atomic mass is 9.98. The fourth-order valence-corrected chi connectivity index (χ4v) is 4.17. The first kappa shape index (κ1) is 14.1. The van der Waals surface area contributed by atoms with Crippen LogP contribution in [0.5, 0.6) is 0 Å². The van der Waals surface area contributed by atoms with Gasteiger partial charge in [0.2, 0.25) is 0 Å². The molecule has 1 N–H and O–H groups in total. The molecule has 3 atom stereocenters. The Morgan fingerprint density at radius 2 is 2.15 bits per heavy atom. The fraction of sp³-hybridized carbons (Fsp3) is 0.529. The summed E-state index contributed by atoms with van der Waals surface area (Å²) in [6.45, 7) is 5.84. The van der Waals surface area contributed by atoms with E-state index >= 15 is 0 Å². The molecule has 2 nitrogen and oxygen atoms in total.